The van der Waals surface area contributed by atoms with E-state index in [9.17, 15) is 4.79 Å². The Morgan fingerprint density at radius 3 is 2.28 bits per heavy atom. The summed E-state index contributed by atoms with van der Waals surface area (Å²) in [5, 5.41) is 0.908. The first-order chi connectivity index (χ1) is 12.3. The predicted molar refractivity (Wildman–Crippen MR) is 102 cm³/mol. The Kier molecular flexibility index (Phi) is 4.36. The summed E-state index contributed by atoms with van der Waals surface area (Å²) in [6.07, 6.45) is 0. The third kappa shape index (κ3) is 3.49. The molecule has 0 fully saturated rings. The average Bonchev–Trinajstić information content (AvgIpc) is 3.10. The maximum atomic E-state index is 12.4. The summed E-state index contributed by atoms with van der Waals surface area (Å²) in [5.41, 5.74) is 4.62. The number of thioether (sulfide) groups is 1. The van der Waals surface area contributed by atoms with Crippen molar-refractivity contribution in [2.45, 2.75) is 10.9 Å². The normalized spacial score (nSPS) is 10.9. The third-order valence-corrected chi connectivity index (χ3v) is 4.94. The molecular weight excluding hydrogens is 328 g/mol. The van der Waals surface area contributed by atoms with Crippen LogP contribution in [-0.2, 0) is 5.75 Å². The largest absolute Gasteiger partial charge is 0.333 e. The van der Waals surface area contributed by atoms with Crippen molar-refractivity contribution >= 4 is 28.6 Å². The number of carbonyl (C=O) groups is 1. The quantitative estimate of drug-likeness (QED) is 0.405. The van der Waals surface area contributed by atoms with E-state index in [-0.39, 0.29) is 5.78 Å². The fourth-order valence-corrected chi connectivity index (χ4v) is 3.50. The molecule has 0 atom stereocenters. The van der Waals surface area contributed by atoms with Gasteiger partial charge in [0.15, 0.2) is 10.9 Å². The van der Waals surface area contributed by atoms with Gasteiger partial charge in [0.05, 0.1) is 11.0 Å². The highest BCUT2D eigenvalue weighted by Gasteiger charge is 2.08. The zero-order valence-electron chi connectivity index (χ0n) is 13.5. The minimum Gasteiger partial charge on any atom is -0.333 e. The average molecular weight is 344 g/mol. The number of imidazole rings is 1. The Balaban J connectivity index is 1.44. The number of H-pyrrole nitrogens is 1. The lowest BCUT2D eigenvalue weighted by Gasteiger charge is -2.03. The molecule has 0 bridgehead atoms. The summed E-state index contributed by atoms with van der Waals surface area (Å²) in [6, 6.07) is 25.2. The molecule has 4 aromatic rings. The lowest BCUT2D eigenvalue weighted by Crippen LogP contribution is -2.00. The van der Waals surface area contributed by atoms with Crippen molar-refractivity contribution in [2.75, 3.05) is 0 Å². The van der Waals surface area contributed by atoms with Gasteiger partial charge in [-0.2, -0.15) is 0 Å². The fraction of sp³-hybridized carbons (Fsp3) is 0.0476. The molecule has 3 nitrogen and oxygen atoms in total. The molecule has 0 aliphatic rings. The van der Waals surface area contributed by atoms with Crippen LogP contribution in [0.1, 0.15) is 21.5 Å². The van der Waals surface area contributed by atoms with E-state index in [1.54, 1.807) is 11.8 Å². The Labute approximate surface area is 150 Å². The molecule has 0 amide bonds. The summed E-state index contributed by atoms with van der Waals surface area (Å²) < 4.78 is 0. The Bertz CT molecular complexity index is 974. The number of hydrogen-bond donors (Lipinski definition) is 1. The van der Waals surface area contributed by atoms with Gasteiger partial charge in [-0.3, -0.25) is 4.79 Å². The van der Waals surface area contributed by atoms with Crippen molar-refractivity contribution in [3.05, 3.63) is 95.6 Å². The van der Waals surface area contributed by atoms with E-state index in [2.05, 4.69) is 9.97 Å². The number of nitrogens with zero attached hydrogens (tertiary/aromatic N) is 1. The maximum Gasteiger partial charge on any atom is 0.193 e. The Morgan fingerprint density at radius 1 is 0.840 bits per heavy atom. The zero-order valence-corrected chi connectivity index (χ0v) is 14.3. The maximum absolute atomic E-state index is 12.4. The minimum absolute atomic E-state index is 0.0529. The van der Waals surface area contributed by atoms with Crippen LogP contribution in [0.25, 0.3) is 11.0 Å². The van der Waals surface area contributed by atoms with Gasteiger partial charge in [0, 0.05) is 16.9 Å². The molecule has 0 saturated heterocycles. The zero-order chi connectivity index (χ0) is 17.1. The summed E-state index contributed by atoms with van der Waals surface area (Å²) in [4.78, 5) is 20.3. The fourth-order valence-electron chi connectivity index (χ4n) is 2.66. The number of aromatic nitrogens is 2. The summed E-state index contributed by atoms with van der Waals surface area (Å²) in [5.74, 6) is 0.858. The number of ketones is 1. The van der Waals surface area contributed by atoms with Gasteiger partial charge in [0.1, 0.15) is 0 Å². The minimum atomic E-state index is 0.0529. The van der Waals surface area contributed by atoms with Crippen molar-refractivity contribution in [1.29, 1.82) is 0 Å². The molecule has 122 valence electrons. The lowest BCUT2D eigenvalue weighted by molar-refractivity contribution is 0.103. The molecule has 4 heteroatoms. The van der Waals surface area contributed by atoms with E-state index >= 15 is 0 Å². The van der Waals surface area contributed by atoms with Crippen molar-refractivity contribution in [3.63, 3.8) is 0 Å². The van der Waals surface area contributed by atoms with E-state index in [1.807, 2.05) is 78.9 Å². The second-order valence-electron chi connectivity index (χ2n) is 5.74. The van der Waals surface area contributed by atoms with Gasteiger partial charge in [-0.15, -0.1) is 0 Å². The van der Waals surface area contributed by atoms with E-state index in [1.165, 1.54) is 0 Å². The van der Waals surface area contributed by atoms with Crippen molar-refractivity contribution in [1.82, 2.24) is 9.97 Å². The van der Waals surface area contributed by atoms with Crippen LogP contribution in [-0.4, -0.2) is 15.8 Å². The molecule has 0 unspecified atom stereocenters. The molecule has 1 aromatic heterocycles. The number of aromatic amines is 1. The van der Waals surface area contributed by atoms with Gasteiger partial charge in [-0.1, -0.05) is 78.5 Å². The van der Waals surface area contributed by atoms with Gasteiger partial charge < -0.3 is 4.98 Å². The molecule has 0 spiro atoms. The second-order valence-corrected chi connectivity index (χ2v) is 6.70. The van der Waals surface area contributed by atoms with Crippen molar-refractivity contribution in [2.24, 2.45) is 0 Å². The number of carbonyl (C=O) groups excluding carboxylic acids is 1. The van der Waals surface area contributed by atoms with E-state index in [0.29, 0.717) is 11.1 Å². The molecule has 0 radical (unpaired) electrons. The Morgan fingerprint density at radius 2 is 1.52 bits per heavy atom. The van der Waals surface area contributed by atoms with Crippen LogP contribution >= 0.6 is 11.8 Å². The van der Waals surface area contributed by atoms with Crippen molar-refractivity contribution in [3.8, 4) is 0 Å². The number of hydrogen-bond acceptors (Lipinski definition) is 3. The molecule has 25 heavy (non-hydrogen) atoms. The van der Waals surface area contributed by atoms with Crippen LogP contribution < -0.4 is 0 Å². The first-order valence-electron chi connectivity index (χ1n) is 8.06. The molecule has 0 aliphatic carbocycles. The van der Waals surface area contributed by atoms with Gasteiger partial charge in [-0.25, -0.2) is 4.98 Å². The third-order valence-electron chi connectivity index (χ3n) is 4.00. The molecule has 1 N–H and O–H groups in total. The van der Waals surface area contributed by atoms with Crippen LogP contribution in [0.3, 0.4) is 0 Å². The van der Waals surface area contributed by atoms with Crippen molar-refractivity contribution < 1.29 is 4.79 Å². The van der Waals surface area contributed by atoms with Crippen LogP contribution in [0.4, 0.5) is 0 Å². The Hall–Kier alpha value is -2.85. The molecule has 4 rings (SSSR count). The highest BCUT2D eigenvalue weighted by Crippen LogP contribution is 2.23. The molecule has 0 aliphatic heterocycles. The number of benzene rings is 3. The predicted octanol–water partition coefficient (Wildman–Crippen LogP) is 5.09. The monoisotopic (exact) mass is 344 g/mol. The first kappa shape index (κ1) is 15.7. The molecular formula is C21H16N2OS. The van der Waals surface area contributed by atoms with E-state index in [4.69, 9.17) is 0 Å². The van der Waals surface area contributed by atoms with Crippen LogP contribution in [0, 0.1) is 0 Å². The van der Waals surface area contributed by atoms with Crippen LogP contribution in [0.2, 0.25) is 0 Å². The van der Waals surface area contributed by atoms with E-state index in [0.717, 1.165) is 27.5 Å². The van der Waals surface area contributed by atoms with Crippen LogP contribution in [0.5, 0.6) is 0 Å². The first-order valence-corrected chi connectivity index (χ1v) is 9.04. The molecule has 1 heterocycles. The second kappa shape index (κ2) is 6.95. The number of fused-ring (bicyclic) bond motifs is 1. The number of para-hydroxylation sites is 2. The van der Waals surface area contributed by atoms with Crippen LogP contribution in [0.15, 0.2) is 84.0 Å². The van der Waals surface area contributed by atoms with Gasteiger partial charge in [-0.05, 0) is 17.7 Å². The van der Waals surface area contributed by atoms with Gasteiger partial charge >= 0.3 is 0 Å². The summed E-state index contributed by atoms with van der Waals surface area (Å²) in [7, 11) is 0. The standard InChI is InChI=1S/C21H16N2OS/c24-20(16-6-2-1-3-7-16)17-12-10-15(11-13-17)14-25-21-22-18-8-4-5-9-19(18)23-21/h1-13H,14H2,(H,22,23). The van der Waals surface area contributed by atoms with Gasteiger partial charge in [0.25, 0.3) is 0 Å². The SMILES string of the molecule is O=C(c1ccccc1)c1ccc(CSc2nc3ccccc3[nH]2)cc1. The molecule has 0 saturated carbocycles. The number of nitrogens with one attached hydrogen (secondary N) is 1. The molecule has 3 aromatic carbocycles. The summed E-state index contributed by atoms with van der Waals surface area (Å²) in [6.45, 7) is 0. The lowest BCUT2D eigenvalue weighted by atomic mass is 10.0. The number of rotatable bonds is 5. The summed E-state index contributed by atoms with van der Waals surface area (Å²) >= 11 is 1.66. The van der Waals surface area contributed by atoms with E-state index < -0.39 is 0 Å². The van der Waals surface area contributed by atoms with Gasteiger partial charge in [0.2, 0.25) is 0 Å². The smallest absolute Gasteiger partial charge is 0.193 e. The highest BCUT2D eigenvalue weighted by atomic mass is 32.2. The highest BCUT2D eigenvalue weighted by molar-refractivity contribution is 7.98. The topological polar surface area (TPSA) is 45.8 Å².